The number of para-hydroxylation sites is 1. The van der Waals surface area contributed by atoms with E-state index in [1.807, 2.05) is 6.07 Å². The monoisotopic (exact) mass is 233 g/mol. The second kappa shape index (κ2) is 6.06. The summed E-state index contributed by atoms with van der Waals surface area (Å²) in [4.78, 5) is 0. The summed E-state index contributed by atoms with van der Waals surface area (Å²) in [5, 5.41) is 3.62. The van der Waals surface area contributed by atoms with E-state index in [-0.39, 0.29) is 0 Å². The number of ether oxygens (including phenoxy) is 1. The van der Waals surface area contributed by atoms with Crippen LogP contribution in [0, 0.1) is 0 Å². The Hall–Kier alpha value is -1.02. The normalized spacial score (nSPS) is 22.1. The van der Waals surface area contributed by atoms with E-state index in [9.17, 15) is 0 Å². The smallest absolute Gasteiger partial charge is 0.122 e. The summed E-state index contributed by atoms with van der Waals surface area (Å²) < 4.78 is 5.44. The Morgan fingerprint density at radius 1 is 1.35 bits per heavy atom. The number of hydrogen-bond acceptors (Lipinski definition) is 2. The first-order valence-corrected chi connectivity index (χ1v) is 6.67. The molecule has 0 spiro atoms. The van der Waals surface area contributed by atoms with E-state index in [1.54, 1.807) is 7.11 Å². The molecule has 0 aliphatic carbocycles. The first kappa shape index (κ1) is 12.4. The molecule has 1 aromatic rings. The fourth-order valence-corrected chi connectivity index (χ4v) is 2.75. The second-order valence-corrected chi connectivity index (χ2v) is 5.03. The van der Waals surface area contributed by atoms with Gasteiger partial charge in [0.2, 0.25) is 0 Å². The van der Waals surface area contributed by atoms with Gasteiger partial charge in [-0.15, -0.1) is 0 Å². The molecule has 94 valence electrons. The van der Waals surface area contributed by atoms with E-state index < -0.39 is 0 Å². The van der Waals surface area contributed by atoms with Gasteiger partial charge in [-0.3, -0.25) is 0 Å². The second-order valence-electron chi connectivity index (χ2n) is 5.03. The molecule has 2 nitrogen and oxygen atoms in total. The van der Waals surface area contributed by atoms with Crippen LogP contribution in [0.4, 0.5) is 0 Å². The molecule has 2 heteroatoms. The predicted molar refractivity (Wildman–Crippen MR) is 71.7 cm³/mol. The van der Waals surface area contributed by atoms with Crippen molar-refractivity contribution in [1.82, 2.24) is 5.32 Å². The van der Waals surface area contributed by atoms with Gasteiger partial charge in [0.15, 0.2) is 0 Å². The maximum absolute atomic E-state index is 5.44. The molecule has 1 aromatic carbocycles. The van der Waals surface area contributed by atoms with E-state index in [4.69, 9.17) is 4.74 Å². The molecule has 2 unspecified atom stereocenters. The highest BCUT2D eigenvalue weighted by Gasteiger charge is 2.18. The molecule has 2 atom stereocenters. The molecule has 0 bridgehead atoms. The van der Waals surface area contributed by atoms with Gasteiger partial charge >= 0.3 is 0 Å². The number of hydrogen-bond donors (Lipinski definition) is 1. The van der Waals surface area contributed by atoms with Crippen molar-refractivity contribution in [2.75, 3.05) is 13.7 Å². The molecule has 0 amide bonds. The number of piperidine rings is 1. The Bertz CT molecular complexity index is 345. The van der Waals surface area contributed by atoms with Crippen molar-refractivity contribution in [1.29, 1.82) is 0 Å². The van der Waals surface area contributed by atoms with Crippen LogP contribution in [0.5, 0.6) is 5.75 Å². The summed E-state index contributed by atoms with van der Waals surface area (Å²) in [6.07, 6.45) is 5.23. The standard InChI is InChI=1S/C15H23NO/c1-12(11-13-7-5-6-10-16-13)14-8-3-4-9-15(14)17-2/h3-4,8-9,12-13,16H,5-7,10-11H2,1-2H3. The summed E-state index contributed by atoms with van der Waals surface area (Å²) in [5.41, 5.74) is 1.34. The Morgan fingerprint density at radius 2 is 2.18 bits per heavy atom. The quantitative estimate of drug-likeness (QED) is 0.861. The molecule has 2 rings (SSSR count). The van der Waals surface area contributed by atoms with Crippen molar-refractivity contribution in [3.05, 3.63) is 29.8 Å². The van der Waals surface area contributed by atoms with Gasteiger partial charge in [0, 0.05) is 6.04 Å². The fraction of sp³-hybridized carbons (Fsp3) is 0.600. The van der Waals surface area contributed by atoms with Gasteiger partial charge in [-0.1, -0.05) is 31.5 Å². The Kier molecular flexibility index (Phi) is 4.43. The first-order valence-electron chi connectivity index (χ1n) is 6.67. The molecule has 0 aromatic heterocycles. The maximum atomic E-state index is 5.44. The van der Waals surface area contributed by atoms with E-state index in [2.05, 4.69) is 30.4 Å². The van der Waals surface area contributed by atoms with Gasteiger partial charge in [0.1, 0.15) is 5.75 Å². The van der Waals surface area contributed by atoms with Crippen LogP contribution in [0.2, 0.25) is 0 Å². The number of methoxy groups -OCH3 is 1. The molecule has 0 radical (unpaired) electrons. The van der Waals surface area contributed by atoms with Gasteiger partial charge in [0.05, 0.1) is 7.11 Å². The van der Waals surface area contributed by atoms with Gasteiger partial charge in [-0.2, -0.15) is 0 Å². The zero-order valence-electron chi connectivity index (χ0n) is 10.9. The minimum atomic E-state index is 0.557. The van der Waals surface area contributed by atoms with Crippen molar-refractivity contribution >= 4 is 0 Å². The number of nitrogens with one attached hydrogen (secondary N) is 1. The lowest BCUT2D eigenvalue weighted by Crippen LogP contribution is -2.34. The van der Waals surface area contributed by atoms with E-state index in [1.165, 1.54) is 37.8 Å². The average molecular weight is 233 g/mol. The van der Waals surface area contributed by atoms with Crippen molar-refractivity contribution in [3.63, 3.8) is 0 Å². The third-order valence-electron chi connectivity index (χ3n) is 3.72. The third kappa shape index (κ3) is 3.22. The summed E-state index contributed by atoms with van der Waals surface area (Å²) in [5.74, 6) is 1.58. The molecule has 17 heavy (non-hydrogen) atoms. The van der Waals surface area contributed by atoms with Gasteiger partial charge < -0.3 is 10.1 Å². The molecule has 1 aliphatic heterocycles. The minimum absolute atomic E-state index is 0.557. The zero-order chi connectivity index (χ0) is 12.1. The van der Waals surface area contributed by atoms with Crippen LogP contribution in [0.1, 0.15) is 44.1 Å². The van der Waals surface area contributed by atoms with Crippen LogP contribution in [-0.2, 0) is 0 Å². The SMILES string of the molecule is COc1ccccc1C(C)CC1CCCCN1. The number of rotatable bonds is 4. The van der Waals surface area contributed by atoms with E-state index >= 15 is 0 Å². The highest BCUT2D eigenvalue weighted by Crippen LogP contribution is 2.30. The summed E-state index contributed by atoms with van der Waals surface area (Å²) in [6.45, 7) is 3.48. The zero-order valence-corrected chi connectivity index (χ0v) is 10.9. The Morgan fingerprint density at radius 3 is 2.88 bits per heavy atom. The lowest BCUT2D eigenvalue weighted by Gasteiger charge is -2.26. The largest absolute Gasteiger partial charge is 0.496 e. The van der Waals surface area contributed by atoms with Crippen molar-refractivity contribution in [2.45, 2.75) is 44.6 Å². The van der Waals surface area contributed by atoms with E-state index in [0.29, 0.717) is 12.0 Å². The van der Waals surface area contributed by atoms with Gasteiger partial charge in [-0.25, -0.2) is 0 Å². The summed E-state index contributed by atoms with van der Waals surface area (Å²) >= 11 is 0. The third-order valence-corrected chi connectivity index (χ3v) is 3.72. The molecule has 0 saturated carbocycles. The number of benzene rings is 1. The van der Waals surface area contributed by atoms with Crippen LogP contribution < -0.4 is 10.1 Å². The van der Waals surface area contributed by atoms with Crippen molar-refractivity contribution < 1.29 is 4.74 Å². The van der Waals surface area contributed by atoms with E-state index in [0.717, 1.165) is 5.75 Å². The molecule has 1 heterocycles. The average Bonchev–Trinajstić information content (AvgIpc) is 2.40. The molecule has 1 saturated heterocycles. The topological polar surface area (TPSA) is 21.3 Å². The first-order chi connectivity index (χ1) is 8.31. The fourth-order valence-electron chi connectivity index (χ4n) is 2.75. The molecule has 1 aliphatic rings. The van der Waals surface area contributed by atoms with Gasteiger partial charge in [-0.05, 0) is 43.4 Å². The Labute approximate surface area is 104 Å². The van der Waals surface area contributed by atoms with Crippen LogP contribution in [-0.4, -0.2) is 19.7 Å². The van der Waals surface area contributed by atoms with Crippen LogP contribution in [0.3, 0.4) is 0 Å². The Balaban J connectivity index is 2.00. The molecular formula is C15H23NO. The van der Waals surface area contributed by atoms with Crippen molar-refractivity contribution in [3.8, 4) is 5.75 Å². The van der Waals surface area contributed by atoms with Crippen LogP contribution in [0.15, 0.2) is 24.3 Å². The van der Waals surface area contributed by atoms with Crippen LogP contribution >= 0.6 is 0 Å². The minimum Gasteiger partial charge on any atom is -0.496 e. The van der Waals surface area contributed by atoms with Gasteiger partial charge in [0.25, 0.3) is 0 Å². The predicted octanol–water partition coefficient (Wildman–Crippen LogP) is 3.33. The lowest BCUT2D eigenvalue weighted by atomic mass is 9.90. The highest BCUT2D eigenvalue weighted by atomic mass is 16.5. The summed E-state index contributed by atoms with van der Waals surface area (Å²) in [7, 11) is 1.75. The molecular weight excluding hydrogens is 210 g/mol. The maximum Gasteiger partial charge on any atom is 0.122 e. The van der Waals surface area contributed by atoms with Crippen molar-refractivity contribution in [2.24, 2.45) is 0 Å². The molecule has 1 N–H and O–H groups in total. The highest BCUT2D eigenvalue weighted by molar-refractivity contribution is 5.35. The molecule has 1 fully saturated rings. The lowest BCUT2D eigenvalue weighted by molar-refractivity contribution is 0.358. The van der Waals surface area contributed by atoms with Crippen LogP contribution in [0.25, 0.3) is 0 Å². The summed E-state index contributed by atoms with van der Waals surface area (Å²) in [6, 6.07) is 9.06.